The molecule has 3 nitrogen and oxygen atoms in total. The lowest BCUT2D eigenvalue weighted by atomic mass is 10.2. The Hall–Kier alpha value is -1.38. The first-order valence-electron chi connectivity index (χ1n) is 4.54. The number of hydrogen-bond acceptors (Lipinski definition) is 3. The molecule has 2 rings (SSSR count). The van der Waals surface area contributed by atoms with Gasteiger partial charge in [-0.1, -0.05) is 6.07 Å². The van der Waals surface area contributed by atoms with Crippen molar-refractivity contribution in [3.63, 3.8) is 0 Å². The minimum Gasteiger partial charge on any atom is -0.486 e. The van der Waals surface area contributed by atoms with E-state index in [-0.39, 0.29) is 0 Å². The molecule has 0 bridgehead atoms. The molecular formula is C10H13NO2. The lowest BCUT2D eigenvalue weighted by Gasteiger charge is -2.20. The monoisotopic (exact) mass is 179 g/mol. The number of rotatable bonds is 2. The third-order valence-corrected chi connectivity index (χ3v) is 1.93. The highest BCUT2D eigenvalue weighted by atomic mass is 16.6. The van der Waals surface area contributed by atoms with Gasteiger partial charge in [0.15, 0.2) is 11.5 Å². The molecule has 0 amide bonds. The fourth-order valence-corrected chi connectivity index (χ4v) is 1.40. The van der Waals surface area contributed by atoms with Crippen LogP contribution in [0.2, 0.25) is 0 Å². The molecule has 3 heteroatoms. The Morgan fingerprint density at radius 1 is 1.31 bits per heavy atom. The quantitative estimate of drug-likeness (QED) is 0.752. The van der Waals surface area contributed by atoms with Crippen LogP contribution in [0.1, 0.15) is 6.92 Å². The van der Waals surface area contributed by atoms with E-state index in [1.54, 1.807) is 0 Å². The average molecular weight is 179 g/mol. The van der Waals surface area contributed by atoms with E-state index in [1.807, 2.05) is 18.2 Å². The summed E-state index contributed by atoms with van der Waals surface area (Å²) in [4.78, 5) is 0. The summed E-state index contributed by atoms with van der Waals surface area (Å²) in [5.41, 5.74) is 1.01. The zero-order chi connectivity index (χ0) is 9.10. The Balaban J connectivity index is 2.34. The average Bonchev–Trinajstić information content (AvgIpc) is 2.19. The van der Waals surface area contributed by atoms with Gasteiger partial charge in [-0.2, -0.15) is 0 Å². The van der Waals surface area contributed by atoms with Crippen molar-refractivity contribution in [3.8, 4) is 11.5 Å². The van der Waals surface area contributed by atoms with Crippen LogP contribution in [0.4, 0.5) is 5.69 Å². The van der Waals surface area contributed by atoms with Gasteiger partial charge < -0.3 is 14.8 Å². The Labute approximate surface area is 77.7 Å². The Bertz CT molecular complexity index is 299. The van der Waals surface area contributed by atoms with Gasteiger partial charge in [0.2, 0.25) is 0 Å². The van der Waals surface area contributed by atoms with Gasteiger partial charge in [-0.15, -0.1) is 0 Å². The van der Waals surface area contributed by atoms with Crippen LogP contribution < -0.4 is 14.8 Å². The SMILES string of the molecule is CCNc1cccc2c1OCCO2. The Morgan fingerprint density at radius 3 is 3.00 bits per heavy atom. The van der Waals surface area contributed by atoms with Crippen molar-refractivity contribution in [2.75, 3.05) is 25.1 Å². The van der Waals surface area contributed by atoms with Crippen molar-refractivity contribution in [1.29, 1.82) is 0 Å². The number of ether oxygens (including phenoxy) is 2. The second kappa shape index (κ2) is 3.56. The van der Waals surface area contributed by atoms with Crippen LogP contribution in [0.3, 0.4) is 0 Å². The largest absolute Gasteiger partial charge is 0.486 e. The molecule has 0 aliphatic carbocycles. The van der Waals surface area contributed by atoms with E-state index < -0.39 is 0 Å². The highest BCUT2D eigenvalue weighted by Crippen LogP contribution is 2.36. The number of benzene rings is 1. The third-order valence-electron chi connectivity index (χ3n) is 1.93. The summed E-state index contributed by atoms with van der Waals surface area (Å²) < 4.78 is 11.0. The van der Waals surface area contributed by atoms with Gasteiger partial charge in [0, 0.05) is 6.54 Å². The Morgan fingerprint density at radius 2 is 2.15 bits per heavy atom. The predicted octanol–water partition coefficient (Wildman–Crippen LogP) is 1.89. The summed E-state index contributed by atoms with van der Waals surface area (Å²) in [5, 5.41) is 3.23. The van der Waals surface area contributed by atoms with Crippen molar-refractivity contribution in [3.05, 3.63) is 18.2 Å². The molecule has 70 valence electrons. The first-order chi connectivity index (χ1) is 6.42. The minimum atomic E-state index is 0.634. The zero-order valence-corrected chi connectivity index (χ0v) is 7.67. The highest BCUT2D eigenvalue weighted by molar-refractivity contribution is 5.63. The lowest BCUT2D eigenvalue weighted by molar-refractivity contribution is 0.172. The molecule has 1 aliphatic rings. The molecule has 1 aromatic rings. The molecule has 0 radical (unpaired) electrons. The number of hydrogen-bond donors (Lipinski definition) is 1. The van der Waals surface area contributed by atoms with E-state index in [4.69, 9.17) is 9.47 Å². The van der Waals surface area contributed by atoms with Crippen LogP contribution >= 0.6 is 0 Å². The van der Waals surface area contributed by atoms with Crippen LogP contribution in [-0.2, 0) is 0 Å². The smallest absolute Gasteiger partial charge is 0.184 e. The molecule has 1 N–H and O–H groups in total. The van der Waals surface area contributed by atoms with E-state index in [9.17, 15) is 0 Å². The summed E-state index contributed by atoms with van der Waals surface area (Å²) in [6, 6.07) is 5.89. The number of anilines is 1. The van der Waals surface area contributed by atoms with Gasteiger partial charge in [-0.25, -0.2) is 0 Å². The van der Waals surface area contributed by atoms with E-state index >= 15 is 0 Å². The van der Waals surface area contributed by atoms with Crippen LogP contribution in [0.15, 0.2) is 18.2 Å². The van der Waals surface area contributed by atoms with Gasteiger partial charge in [0.25, 0.3) is 0 Å². The predicted molar refractivity (Wildman–Crippen MR) is 51.6 cm³/mol. The maximum Gasteiger partial charge on any atom is 0.184 e. The number of fused-ring (bicyclic) bond motifs is 1. The highest BCUT2D eigenvalue weighted by Gasteiger charge is 2.14. The lowest BCUT2D eigenvalue weighted by Crippen LogP contribution is -2.16. The van der Waals surface area contributed by atoms with Gasteiger partial charge >= 0.3 is 0 Å². The maximum absolute atomic E-state index is 5.52. The summed E-state index contributed by atoms with van der Waals surface area (Å²) in [6.45, 7) is 4.22. The summed E-state index contributed by atoms with van der Waals surface area (Å²) in [6.07, 6.45) is 0. The summed E-state index contributed by atoms with van der Waals surface area (Å²) >= 11 is 0. The van der Waals surface area contributed by atoms with Gasteiger partial charge in [-0.3, -0.25) is 0 Å². The van der Waals surface area contributed by atoms with Crippen LogP contribution in [0.25, 0.3) is 0 Å². The van der Waals surface area contributed by atoms with Crippen molar-refractivity contribution < 1.29 is 9.47 Å². The molecule has 0 saturated carbocycles. The first kappa shape index (κ1) is 8.23. The van der Waals surface area contributed by atoms with Crippen molar-refractivity contribution in [2.24, 2.45) is 0 Å². The minimum absolute atomic E-state index is 0.634. The fraction of sp³-hybridized carbons (Fsp3) is 0.400. The number of nitrogens with one attached hydrogen (secondary N) is 1. The second-order valence-corrected chi connectivity index (χ2v) is 2.86. The molecule has 0 unspecified atom stereocenters. The van der Waals surface area contributed by atoms with Crippen LogP contribution in [0.5, 0.6) is 11.5 Å². The van der Waals surface area contributed by atoms with E-state index in [0.29, 0.717) is 13.2 Å². The number of para-hydroxylation sites is 1. The first-order valence-corrected chi connectivity index (χ1v) is 4.54. The molecule has 0 saturated heterocycles. The van der Waals surface area contributed by atoms with E-state index in [0.717, 1.165) is 23.7 Å². The molecule has 0 fully saturated rings. The standard InChI is InChI=1S/C10H13NO2/c1-2-11-8-4-3-5-9-10(8)13-7-6-12-9/h3-5,11H,2,6-7H2,1H3. The second-order valence-electron chi connectivity index (χ2n) is 2.86. The zero-order valence-electron chi connectivity index (χ0n) is 7.67. The summed E-state index contributed by atoms with van der Waals surface area (Å²) in [5.74, 6) is 1.68. The van der Waals surface area contributed by atoms with Gasteiger partial charge in [-0.05, 0) is 19.1 Å². The topological polar surface area (TPSA) is 30.5 Å². The third kappa shape index (κ3) is 1.54. The normalized spacial score (nSPS) is 13.9. The summed E-state index contributed by atoms with van der Waals surface area (Å²) in [7, 11) is 0. The molecule has 1 heterocycles. The van der Waals surface area contributed by atoms with Gasteiger partial charge in [0.05, 0.1) is 5.69 Å². The maximum atomic E-state index is 5.52. The van der Waals surface area contributed by atoms with Crippen LogP contribution in [0, 0.1) is 0 Å². The molecule has 1 aromatic carbocycles. The molecule has 0 spiro atoms. The molecule has 0 atom stereocenters. The van der Waals surface area contributed by atoms with Crippen LogP contribution in [-0.4, -0.2) is 19.8 Å². The van der Waals surface area contributed by atoms with Crippen molar-refractivity contribution >= 4 is 5.69 Å². The van der Waals surface area contributed by atoms with Crippen molar-refractivity contribution in [1.82, 2.24) is 0 Å². The molecule has 0 aromatic heterocycles. The molecule has 1 aliphatic heterocycles. The fourth-order valence-electron chi connectivity index (χ4n) is 1.40. The van der Waals surface area contributed by atoms with E-state index in [2.05, 4.69) is 12.2 Å². The molecular weight excluding hydrogens is 166 g/mol. The van der Waals surface area contributed by atoms with Crippen molar-refractivity contribution in [2.45, 2.75) is 6.92 Å². The Kier molecular flexibility index (Phi) is 2.25. The molecule has 13 heavy (non-hydrogen) atoms. The van der Waals surface area contributed by atoms with Gasteiger partial charge in [0.1, 0.15) is 13.2 Å². The van der Waals surface area contributed by atoms with E-state index in [1.165, 1.54) is 0 Å².